The average molecular weight is 288 g/mol. The number of aryl methyl sites for hydroxylation is 1. The zero-order chi connectivity index (χ0) is 10.8. The van der Waals surface area contributed by atoms with Gasteiger partial charge in [-0.1, -0.05) is 5.10 Å². The first kappa shape index (κ1) is 10.3. The molecule has 0 aliphatic heterocycles. The maximum atomic E-state index is 11.6. The number of aromatic nitrogens is 2. The van der Waals surface area contributed by atoms with Crippen molar-refractivity contribution in [2.24, 2.45) is 0 Å². The van der Waals surface area contributed by atoms with Gasteiger partial charge in [-0.25, -0.2) is 0 Å². The molecule has 0 fully saturated rings. The molecule has 2 aromatic rings. The molecule has 0 saturated heterocycles. The van der Waals surface area contributed by atoms with Gasteiger partial charge in [0.15, 0.2) is 0 Å². The van der Waals surface area contributed by atoms with E-state index in [9.17, 15) is 4.79 Å². The smallest absolute Gasteiger partial charge is 0.322 e. The first-order valence-electron chi connectivity index (χ1n) is 4.00. The van der Waals surface area contributed by atoms with Gasteiger partial charge in [0.1, 0.15) is 0 Å². The maximum absolute atomic E-state index is 11.6. The fourth-order valence-electron chi connectivity index (χ4n) is 0.946. The van der Waals surface area contributed by atoms with Crippen LogP contribution in [0.2, 0.25) is 0 Å². The summed E-state index contributed by atoms with van der Waals surface area (Å²) in [7, 11) is 0. The second-order valence-electron chi connectivity index (χ2n) is 2.72. The number of nitrogens with zero attached hydrogens (tertiary/aromatic N) is 2. The Morgan fingerprint density at radius 3 is 2.93 bits per heavy atom. The van der Waals surface area contributed by atoms with Crippen LogP contribution in [0.1, 0.15) is 16.2 Å². The van der Waals surface area contributed by atoms with Gasteiger partial charge < -0.3 is 4.42 Å². The van der Waals surface area contributed by atoms with Gasteiger partial charge in [0.2, 0.25) is 5.89 Å². The van der Waals surface area contributed by atoms with Crippen molar-refractivity contribution in [1.29, 1.82) is 0 Å². The number of hydrogen-bond donors (Lipinski definition) is 1. The monoisotopic (exact) mass is 287 g/mol. The lowest BCUT2D eigenvalue weighted by Crippen LogP contribution is -2.10. The lowest BCUT2D eigenvalue weighted by molar-refractivity contribution is 0.102. The molecule has 0 aliphatic rings. The molecular formula is C8H6BrN3O2S. The van der Waals surface area contributed by atoms with Crippen molar-refractivity contribution in [3.8, 4) is 0 Å². The van der Waals surface area contributed by atoms with Gasteiger partial charge in [-0.15, -0.1) is 16.4 Å². The highest BCUT2D eigenvalue weighted by molar-refractivity contribution is 9.11. The van der Waals surface area contributed by atoms with Crippen LogP contribution in [0.25, 0.3) is 0 Å². The van der Waals surface area contributed by atoms with Crippen molar-refractivity contribution in [2.75, 3.05) is 5.32 Å². The second-order valence-corrected chi connectivity index (χ2v) is 5.01. The Morgan fingerprint density at radius 2 is 2.40 bits per heavy atom. The maximum Gasteiger partial charge on any atom is 0.322 e. The Hall–Kier alpha value is -1.21. The molecule has 0 bridgehead atoms. The number of amides is 1. The minimum absolute atomic E-state index is 0.111. The highest BCUT2D eigenvalue weighted by Crippen LogP contribution is 2.21. The van der Waals surface area contributed by atoms with E-state index in [0.29, 0.717) is 11.5 Å². The van der Waals surface area contributed by atoms with Crippen LogP contribution >= 0.6 is 27.3 Å². The fraction of sp³-hybridized carbons (Fsp3) is 0.125. The third-order valence-corrected chi connectivity index (χ3v) is 3.08. The van der Waals surface area contributed by atoms with E-state index in [1.54, 1.807) is 18.4 Å². The standard InChI is InChI=1S/C8H6BrN3O2S/c1-4-11-12-8(14-4)10-7(13)5-2-6(9)15-3-5/h2-3H,1H3,(H,10,12,13). The topological polar surface area (TPSA) is 68.0 Å². The first-order chi connectivity index (χ1) is 7.15. The number of anilines is 1. The Kier molecular flexibility index (Phi) is 2.83. The number of hydrogen-bond acceptors (Lipinski definition) is 5. The summed E-state index contributed by atoms with van der Waals surface area (Å²) in [6.45, 7) is 1.66. The minimum atomic E-state index is -0.263. The van der Waals surface area contributed by atoms with Crippen molar-refractivity contribution < 1.29 is 9.21 Å². The summed E-state index contributed by atoms with van der Waals surface area (Å²) in [5, 5.41) is 11.5. The summed E-state index contributed by atoms with van der Waals surface area (Å²) in [6.07, 6.45) is 0. The number of halogens is 1. The summed E-state index contributed by atoms with van der Waals surface area (Å²) in [5.74, 6) is 0.150. The van der Waals surface area contributed by atoms with E-state index in [2.05, 4.69) is 31.4 Å². The minimum Gasteiger partial charge on any atom is -0.408 e. The van der Waals surface area contributed by atoms with E-state index in [-0.39, 0.29) is 11.9 Å². The molecule has 2 aromatic heterocycles. The van der Waals surface area contributed by atoms with E-state index in [1.165, 1.54) is 11.3 Å². The number of carbonyl (C=O) groups is 1. The number of nitrogens with one attached hydrogen (secondary N) is 1. The molecule has 0 atom stereocenters. The van der Waals surface area contributed by atoms with Gasteiger partial charge in [0.25, 0.3) is 5.91 Å². The number of carbonyl (C=O) groups excluding carboxylic acids is 1. The van der Waals surface area contributed by atoms with Gasteiger partial charge in [-0.05, 0) is 22.0 Å². The Labute approximate surface area is 97.6 Å². The molecule has 2 rings (SSSR count). The normalized spacial score (nSPS) is 10.3. The second kappa shape index (κ2) is 4.11. The number of rotatable bonds is 2. The van der Waals surface area contributed by atoms with E-state index >= 15 is 0 Å². The van der Waals surface area contributed by atoms with Crippen LogP contribution in [0.4, 0.5) is 6.01 Å². The van der Waals surface area contributed by atoms with Crippen LogP contribution in [0.5, 0.6) is 0 Å². The Bertz CT molecular complexity index is 494. The number of thiophene rings is 1. The molecule has 0 unspecified atom stereocenters. The van der Waals surface area contributed by atoms with Crippen molar-refractivity contribution in [1.82, 2.24) is 10.2 Å². The van der Waals surface area contributed by atoms with Crippen molar-refractivity contribution in [3.05, 3.63) is 26.7 Å². The van der Waals surface area contributed by atoms with Gasteiger partial charge in [-0.3, -0.25) is 10.1 Å². The van der Waals surface area contributed by atoms with Gasteiger partial charge in [-0.2, -0.15) is 0 Å². The quantitative estimate of drug-likeness (QED) is 0.921. The summed E-state index contributed by atoms with van der Waals surface area (Å²) in [4.78, 5) is 11.6. The highest BCUT2D eigenvalue weighted by atomic mass is 79.9. The summed E-state index contributed by atoms with van der Waals surface area (Å²) < 4.78 is 5.92. The molecule has 0 saturated carbocycles. The van der Waals surface area contributed by atoms with Gasteiger partial charge in [0.05, 0.1) is 9.35 Å². The molecule has 0 spiro atoms. The SMILES string of the molecule is Cc1nnc(NC(=O)c2csc(Br)c2)o1. The van der Waals surface area contributed by atoms with Gasteiger partial charge in [0, 0.05) is 12.3 Å². The van der Waals surface area contributed by atoms with Crippen LogP contribution in [0.3, 0.4) is 0 Å². The molecule has 2 heterocycles. The van der Waals surface area contributed by atoms with Crippen LogP contribution in [0, 0.1) is 6.92 Å². The van der Waals surface area contributed by atoms with Crippen LogP contribution in [-0.4, -0.2) is 16.1 Å². The summed E-state index contributed by atoms with van der Waals surface area (Å²) in [5.41, 5.74) is 0.558. The van der Waals surface area contributed by atoms with Crippen LogP contribution in [0.15, 0.2) is 19.6 Å². The lowest BCUT2D eigenvalue weighted by Gasteiger charge is -1.95. The molecular weight excluding hydrogens is 282 g/mol. The Morgan fingerprint density at radius 1 is 1.60 bits per heavy atom. The molecule has 7 heteroatoms. The summed E-state index contributed by atoms with van der Waals surface area (Å²) >= 11 is 4.71. The van der Waals surface area contributed by atoms with E-state index in [4.69, 9.17) is 4.42 Å². The van der Waals surface area contributed by atoms with Gasteiger partial charge >= 0.3 is 6.01 Å². The molecule has 15 heavy (non-hydrogen) atoms. The van der Waals surface area contributed by atoms with E-state index in [1.807, 2.05) is 0 Å². The third kappa shape index (κ3) is 2.42. The zero-order valence-corrected chi connectivity index (χ0v) is 10.1. The van der Waals surface area contributed by atoms with E-state index < -0.39 is 0 Å². The van der Waals surface area contributed by atoms with Crippen molar-refractivity contribution in [3.63, 3.8) is 0 Å². The third-order valence-electron chi connectivity index (χ3n) is 1.58. The van der Waals surface area contributed by atoms with Crippen molar-refractivity contribution in [2.45, 2.75) is 6.92 Å². The largest absolute Gasteiger partial charge is 0.408 e. The summed E-state index contributed by atoms with van der Waals surface area (Å²) in [6, 6.07) is 1.84. The molecule has 1 N–H and O–H groups in total. The molecule has 1 amide bonds. The molecule has 0 aromatic carbocycles. The first-order valence-corrected chi connectivity index (χ1v) is 5.68. The zero-order valence-electron chi connectivity index (χ0n) is 7.65. The molecule has 5 nitrogen and oxygen atoms in total. The molecule has 0 aliphatic carbocycles. The van der Waals surface area contributed by atoms with E-state index in [0.717, 1.165) is 3.79 Å². The fourth-order valence-corrected chi connectivity index (χ4v) is 2.08. The average Bonchev–Trinajstić information content (AvgIpc) is 2.75. The Balaban J connectivity index is 2.10. The lowest BCUT2D eigenvalue weighted by atomic mass is 10.3. The predicted octanol–water partition coefficient (Wildman–Crippen LogP) is 2.45. The van der Waals surface area contributed by atoms with Crippen molar-refractivity contribution >= 4 is 39.2 Å². The highest BCUT2D eigenvalue weighted by Gasteiger charge is 2.11. The van der Waals surface area contributed by atoms with Crippen LogP contribution in [-0.2, 0) is 0 Å². The molecule has 0 radical (unpaired) electrons. The van der Waals surface area contributed by atoms with Crippen LogP contribution < -0.4 is 5.32 Å². The predicted molar refractivity (Wildman–Crippen MR) is 59.0 cm³/mol. The molecule has 78 valence electrons.